The quantitative estimate of drug-likeness (QED) is 0.793. The molecule has 0 aromatic carbocycles. The number of likely N-dealkylation sites (N-methyl/N-ethyl adjacent to an activating group) is 1. The fourth-order valence-corrected chi connectivity index (χ4v) is 2.26. The van der Waals surface area contributed by atoms with Crippen molar-refractivity contribution in [2.24, 2.45) is 4.99 Å². The van der Waals surface area contributed by atoms with Crippen LogP contribution in [0.1, 0.15) is 13.3 Å². The average molecular weight is 276 g/mol. The van der Waals surface area contributed by atoms with Gasteiger partial charge >= 0.3 is 0 Å². The second-order valence-corrected chi connectivity index (χ2v) is 5.44. The summed E-state index contributed by atoms with van der Waals surface area (Å²) in [4.78, 5) is 31.9. The molecule has 108 valence electrons. The number of nitrogens with one attached hydrogen (secondary N) is 1. The van der Waals surface area contributed by atoms with Crippen LogP contribution in [-0.4, -0.2) is 60.2 Å². The van der Waals surface area contributed by atoms with Gasteiger partial charge in [-0.1, -0.05) is 6.08 Å². The number of allylic oxidation sites excluding steroid dienone is 2. The van der Waals surface area contributed by atoms with E-state index >= 15 is 0 Å². The average Bonchev–Trinajstić information content (AvgIpc) is 2.37. The molecule has 0 spiro atoms. The number of amidine groups is 1. The number of nitrogens with zero attached hydrogens (tertiary/aromatic N) is 3. The summed E-state index contributed by atoms with van der Waals surface area (Å²) >= 11 is 0. The number of fused-ring (bicyclic) bond motifs is 1. The first kappa shape index (κ1) is 14.5. The van der Waals surface area contributed by atoms with E-state index in [2.05, 4.69) is 10.3 Å². The Morgan fingerprint density at radius 3 is 2.95 bits per heavy atom. The van der Waals surface area contributed by atoms with Gasteiger partial charge in [-0.3, -0.25) is 9.59 Å². The zero-order valence-electron chi connectivity index (χ0n) is 12.1. The summed E-state index contributed by atoms with van der Waals surface area (Å²) in [6, 6.07) is 0. The lowest BCUT2D eigenvalue weighted by molar-refractivity contribution is -0.134. The highest BCUT2D eigenvalue weighted by Gasteiger charge is 2.44. The second-order valence-electron chi connectivity index (χ2n) is 5.44. The van der Waals surface area contributed by atoms with Gasteiger partial charge in [-0.15, -0.1) is 0 Å². The Kier molecular flexibility index (Phi) is 4.04. The monoisotopic (exact) mass is 276 g/mol. The van der Waals surface area contributed by atoms with E-state index in [0.29, 0.717) is 12.4 Å². The highest BCUT2D eigenvalue weighted by atomic mass is 16.2. The predicted molar refractivity (Wildman–Crippen MR) is 77.1 cm³/mol. The van der Waals surface area contributed by atoms with Gasteiger partial charge in [0.2, 0.25) is 5.91 Å². The van der Waals surface area contributed by atoms with Gasteiger partial charge in [0.1, 0.15) is 11.4 Å². The molecule has 0 fully saturated rings. The third kappa shape index (κ3) is 2.80. The van der Waals surface area contributed by atoms with Gasteiger partial charge in [0.05, 0.1) is 6.42 Å². The number of aliphatic imine (C=N–C) groups is 1. The molecule has 0 bridgehead atoms. The zero-order chi connectivity index (χ0) is 14.8. The predicted octanol–water partition coefficient (Wildman–Crippen LogP) is 0.137. The van der Waals surface area contributed by atoms with E-state index in [9.17, 15) is 9.59 Å². The first-order valence-electron chi connectivity index (χ1n) is 6.62. The lowest BCUT2D eigenvalue weighted by Crippen LogP contribution is -2.60. The maximum absolute atomic E-state index is 12.5. The van der Waals surface area contributed by atoms with Crippen molar-refractivity contribution in [1.82, 2.24) is 15.1 Å². The number of carbonyl (C=O) groups is 2. The van der Waals surface area contributed by atoms with Gasteiger partial charge in [0.15, 0.2) is 0 Å². The van der Waals surface area contributed by atoms with Crippen LogP contribution in [0.2, 0.25) is 0 Å². The summed E-state index contributed by atoms with van der Waals surface area (Å²) in [6.07, 6.45) is 7.25. The molecule has 1 N–H and O–H groups in total. The number of rotatable bonds is 4. The molecule has 0 aromatic heterocycles. The molecular formula is C14H20N4O2. The Labute approximate surface area is 118 Å². The molecule has 20 heavy (non-hydrogen) atoms. The first-order valence-corrected chi connectivity index (χ1v) is 6.62. The van der Waals surface area contributed by atoms with Crippen LogP contribution in [0.3, 0.4) is 0 Å². The van der Waals surface area contributed by atoms with E-state index in [1.54, 1.807) is 30.2 Å². The third-order valence-corrected chi connectivity index (χ3v) is 3.44. The van der Waals surface area contributed by atoms with Gasteiger partial charge in [-0.05, 0) is 33.2 Å². The van der Waals surface area contributed by atoms with E-state index in [0.717, 1.165) is 6.54 Å². The Morgan fingerprint density at radius 2 is 2.25 bits per heavy atom. The van der Waals surface area contributed by atoms with Gasteiger partial charge in [-0.2, -0.15) is 4.99 Å². The van der Waals surface area contributed by atoms with Crippen molar-refractivity contribution in [3.8, 4) is 0 Å². The van der Waals surface area contributed by atoms with E-state index in [1.165, 1.54) is 0 Å². The Morgan fingerprint density at radius 1 is 1.50 bits per heavy atom. The Bertz CT molecular complexity index is 507. The second kappa shape index (κ2) is 5.58. The molecular weight excluding hydrogens is 256 g/mol. The number of carbonyl (C=O) groups excluding carboxylic acids is 2. The fraction of sp³-hybridized carbons (Fsp3) is 0.500. The SMILES string of the molecule is CN(C)CCNC(=O)C1(C)CC(=O)N=C2C=CC=CN21. The van der Waals surface area contributed by atoms with Crippen LogP contribution < -0.4 is 5.32 Å². The van der Waals surface area contributed by atoms with Gasteiger partial charge in [-0.25, -0.2) is 0 Å². The van der Waals surface area contributed by atoms with Crippen LogP contribution in [-0.2, 0) is 9.59 Å². The molecule has 1 atom stereocenters. The third-order valence-electron chi connectivity index (χ3n) is 3.44. The molecule has 0 saturated carbocycles. The van der Waals surface area contributed by atoms with Crippen molar-refractivity contribution in [3.05, 3.63) is 24.4 Å². The molecule has 0 saturated heterocycles. The van der Waals surface area contributed by atoms with Crippen molar-refractivity contribution in [2.45, 2.75) is 18.9 Å². The van der Waals surface area contributed by atoms with Crippen LogP contribution in [0.15, 0.2) is 29.4 Å². The first-order chi connectivity index (χ1) is 9.43. The van der Waals surface area contributed by atoms with Gasteiger partial charge in [0.25, 0.3) is 5.91 Å². The highest BCUT2D eigenvalue weighted by molar-refractivity contribution is 6.09. The van der Waals surface area contributed by atoms with Crippen LogP contribution in [0.25, 0.3) is 0 Å². The minimum absolute atomic E-state index is 0.0858. The molecule has 6 heteroatoms. The van der Waals surface area contributed by atoms with Crippen molar-refractivity contribution in [1.29, 1.82) is 0 Å². The lowest BCUT2D eigenvalue weighted by atomic mass is 9.91. The molecule has 0 aliphatic carbocycles. The molecule has 1 unspecified atom stereocenters. The van der Waals surface area contributed by atoms with E-state index in [-0.39, 0.29) is 18.2 Å². The van der Waals surface area contributed by atoms with Crippen LogP contribution in [0, 0.1) is 0 Å². The molecule has 2 amide bonds. The van der Waals surface area contributed by atoms with Crippen molar-refractivity contribution in [3.63, 3.8) is 0 Å². The maximum Gasteiger partial charge on any atom is 0.250 e. The minimum Gasteiger partial charge on any atom is -0.353 e. The van der Waals surface area contributed by atoms with E-state index in [1.807, 2.05) is 25.1 Å². The topological polar surface area (TPSA) is 65.0 Å². The summed E-state index contributed by atoms with van der Waals surface area (Å²) in [5.41, 5.74) is -0.915. The minimum atomic E-state index is -0.915. The Balaban J connectivity index is 2.14. The lowest BCUT2D eigenvalue weighted by Gasteiger charge is -2.41. The van der Waals surface area contributed by atoms with Crippen molar-refractivity contribution in [2.75, 3.05) is 27.2 Å². The normalized spacial score (nSPS) is 24.7. The largest absolute Gasteiger partial charge is 0.353 e. The molecule has 2 rings (SSSR count). The molecule has 2 aliphatic heterocycles. The summed E-state index contributed by atoms with van der Waals surface area (Å²) in [5, 5.41) is 2.89. The van der Waals surface area contributed by atoms with Crippen LogP contribution in [0.5, 0.6) is 0 Å². The van der Waals surface area contributed by atoms with Gasteiger partial charge in [0, 0.05) is 19.3 Å². The van der Waals surface area contributed by atoms with E-state index in [4.69, 9.17) is 0 Å². The van der Waals surface area contributed by atoms with Crippen LogP contribution >= 0.6 is 0 Å². The van der Waals surface area contributed by atoms with Gasteiger partial charge < -0.3 is 15.1 Å². The highest BCUT2D eigenvalue weighted by Crippen LogP contribution is 2.27. The van der Waals surface area contributed by atoms with Crippen molar-refractivity contribution >= 4 is 17.6 Å². The Hall–Kier alpha value is -1.95. The van der Waals surface area contributed by atoms with Crippen molar-refractivity contribution < 1.29 is 9.59 Å². The molecule has 0 radical (unpaired) electrons. The number of hydrogen-bond donors (Lipinski definition) is 1. The maximum atomic E-state index is 12.5. The summed E-state index contributed by atoms with van der Waals surface area (Å²) < 4.78 is 0. The number of amides is 2. The zero-order valence-corrected chi connectivity index (χ0v) is 12.1. The summed E-state index contributed by atoms with van der Waals surface area (Å²) in [5.74, 6) is 0.107. The summed E-state index contributed by atoms with van der Waals surface area (Å²) in [6.45, 7) is 3.08. The standard InChI is InChI=1S/C14H20N4O2/c1-14(13(20)15-7-9-17(2)3)10-12(19)16-11-6-4-5-8-18(11)14/h4-6,8H,7,9-10H2,1-3H3,(H,15,20). The molecule has 6 nitrogen and oxygen atoms in total. The smallest absolute Gasteiger partial charge is 0.250 e. The fourth-order valence-electron chi connectivity index (χ4n) is 2.26. The molecule has 0 aromatic rings. The molecule has 2 heterocycles. The molecule has 2 aliphatic rings. The number of hydrogen-bond acceptors (Lipinski definition) is 4. The van der Waals surface area contributed by atoms with Crippen LogP contribution in [0.4, 0.5) is 0 Å². The summed E-state index contributed by atoms with van der Waals surface area (Å²) in [7, 11) is 3.89. The van der Waals surface area contributed by atoms with E-state index < -0.39 is 5.54 Å².